The quantitative estimate of drug-likeness (QED) is 0.807. The highest BCUT2D eigenvalue weighted by molar-refractivity contribution is 7.85. The molecule has 3 heteroatoms. The lowest BCUT2D eigenvalue weighted by Gasteiger charge is -2.11. The molecule has 0 aliphatic heterocycles. The van der Waals surface area contributed by atoms with Crippen LogP contribution in [-0.2, 0) is 10.8 Å². The van der Waals surface area contributed by atoms with Gasteiger partial charge in [0.25, 0.3) is 0 Å². The van der Waals surface area contributed by atoms with Crippen molar-refractivity contribution >= 4 is 10.8 Å². The largest absolute Gasteiger partial charge is 0.323 e. The van der Waals surface area contributed by atoms with Crippen LogP contribution in [0.25, 0.3) is 0 Å². The predicted octanol–water partition coefficient (Wildman–Crippen LogP) is 2.24. The molecule has 0 amide bonds. The Morgan fingerprint density at radius 2 is 2.00 bits per heavy atom. The standard InChI is InChI=1S/C12H19NOS/c1-2-3-9-15(14)10-12(13)11-7-5-4-6-8-11/h4-8,12H,2-3,9-10,13H2,1H3. The predicted molar refractivity (Wildman–Crippen MR) is 66.2 cm³/mol. The van der Waals surface area contributed by atoms with Crippen molar-refractivity contribution in [3.05, 3.63) is 35.9 Å². The van der Waals surface area contributed by atoms with Gasteiger partial charge in [-0.2, -0.15) is 0 Å². The molecule has 0 radical (unpaired) electrons. The lowest BCUT2D eigenvalue weighted by atomic mass is 10.1. The van der Waals surface area contributed by atoms with Gasteiger partial charge >= 0.3 is 0 Å². The SMILES string of the molecule is CCCCS(=O)CC(N)c1ccccc1. The van der Waals surface area contributed by atoms with E-state index in [9.17, 15) is 4.21 Å². The van der Waals surface area contributed by atoms with Crippen molar-refractivity contribution in [2.75, 3.05) is 11.5 Å². The fourth-order valence-electron chi connectivity index (χ4n) is 1.39. The van der Waals surface area contributed by atoms with Gasteiger partial charge in [0.2, 0.25) is 0 Å². The molecule has 0 saturated carbocycles. The van der Waals surface area contributed by atoms with Crippen molar-refractivity contribution in [1.82, 2.24) is 0 Å². The van der Waals surface area contributed by atoms with Gasteiger partial charge in [0, 0.05) is 28.3 Å². The van der Waals surface area contributed by atoms with Crippen molar-refractivity contribution in [2.45, 2.75) is 25.8 Å². The molecule has 2 unspecified atom stereocenters. The second-order valence-electron chi connectivity index (χ2n) is 3.68. The minimum Gasteiger partial charge on any atom is -0.323 e. The molecule has 84 valence electrons. The van der Waals surface area contributed by atoms with Gasteiger partial charge in [-0.3, -0.25) is 4.21 Å². The third-order valence-electron chi connectivity index (χ3n) is 2.32. The first-order valence-electron chi connectivity index (χ1n) is 5.39. The number of benzene rings is 1. The molecule has 0 aromatic heterocycles. The molecule has 0 aliphatic rings. The van der Waals surface area contributed by atoms with Crippen LogP contribution in [0.2, 0.25) is 0 Å². The third kappa shape index (κ3) is 4.58. The van der Waals surface area contributed by atoms with E-state index in [1.54, 1.807) is 0 Å². The summed E-state index contributed by atoms with van der Waals surface area (Å²) < 4.78 is 11.6. The van der Waals surface area contributed by atoms with Crippen LogP contribution in [0, 0.1) is 0 Å². The lowest BCUT2D eigenvalue weighted by molar-refractivity contribution is 0.671. The summed E-state index contributed by atoms with van der Waals surface area (Å²) in [5.74, 6) is 1.35. The molecular weight excluding hydrogens is 206 g/mol. The van der Waals surface area contributed by atoms with Gasteiger partial charge in [-0.1, -0.05) is 43.7 Å². The third-order valence-corrected chi connectivity index (χ3v) is 3.79. The van der Waals surface area contributed by atoms with Crippen LogP contribution in [0.15, 0.2) is 30.3 Å². The minimum atomic E-state index is -0.775. The second kappa shape index (κ2) is 6.75. The van der Waals surface area contributed by atoms with Gasteiger partial charge in [0.05, 0.1) is 0 Å². The highest BCUT2D eigenvalue weighted by Crippen LogP contribution is 2.11. The van der Waals surface area contributed by atoms with Crippen LogP contribution in [-0.4, -0.2) is 15.7 Å². The molecule has 0 saturated heterocycles. The Kier molecular flexibility index (Phi) is 5.58. The van der Waals surface area contributed by atoms with Crippen LogP contribution < -0.4 is 5.73 Å². The first-order chi connectivity index (χ1) is 7.24. The zero-order valence-electron chi connectivity index (χ0n) is 9.19. The number of rotatable bonds is 6. The average molecular weight is 225 g/mol. The van der Waals surface area contributed by atoms with Gasteiger partial charge in [0.1, 0.15) is 0 Å². The number of hydrogen-bond donors (Lipinski definition) is 1. The maximum absolute atomic E-state index is 11.6. The first-order valence-corrected chi connectivity index (χ1v) is 6.88. The van der Waals surface area contributed by atoms with Crippen LogP contribution in [0.4, 0.5) is 0 Å². The molecular formula is C12H19NOS. The van der Waals surface area contributed by atoms with Gasteiger partial charge in [-0.05, 0) is 12.0 Å². The maximum atomic E-state index is 11.6. The Morgan fingerprint density at radius 1 is 1.33 bits per heavy atom. The van der Waals surface area contributed by atoms with Crippen LogP contribution in [0.3, 0.4) is 0 Å². The van der Waals surface area contributed by atoms with Gasteiger partial charge in [-0.25, -0.2) is 0 Å². The molecule has 2 atom stereocenters. The molecule has 15 heavy (non-hydrogen) atoms. The zero-order chi connectivity index (χ0) is 11.1. The van der Waals surface area contributed by atoms with Crippen LogP contribution in [0.1, 0.15) is 31.4 Å². The summed E-state index contributed by atoms with van der Waals surface area (Å²) in [6.45, 7) is 2.11. The number of unbranched alkanes of at least 4 members (excludes halogenated alkanes) is 1. The second-order valence-corrected chi connectivity index (χ2v) is 5.30. The summed E-state index contributed by atoms with van der Waals surface area (Å²) >= 11 is 0. The summed E-state index contributed by atoms with van der Waals surface area (Å²) in [4.78, 5) is 0. The van der Waals surface area contributed by atoms with Gasteiger partial charge in [-0.15, -0.1) is 0 Å². The van der Waals surface area contributed by atoms with E-state index in [1.807, 2.05) is 30.3 Å². The molecule has 2 nitrogen and oxygen atoms in total. The molecule has 0 spiro atoms. The van der Waals surface area contributed by atoms with E-state index >= 15 is 0 Å². The lowest BCUT2D eigenvalue weighted by Crippen LogP contribution is -2.19. The van der Waals surface area contributed by atoms with Gasteiger partial charge < -0.3 is 5.73 Å². The molecule has 0 heterocycles. The number of hydrogen-bond acceptors (Lipinski definition) is 2. The van der Waals surface area contributed by atoms with Crippen molar-refractivity contribution < 1.29 is 4.21 Å². The van der Waals surface area contributed by atoms with E-state index in [2.05, 4.69) is 6.92 Å². The molecule has 0 fully saturated rings. The van der Waals surface area contributed by atoms with Crippen molar-refractivity contribution in [1.29, 1.82) is 0 Å². The summed E-state index contributed by atoms with van der Waals surface area (Å²) in [6.07, 6.45) is 2.11. The fraction of sp³-hybridized carbons (Fsp3) is 0.500. The molecule has 1 aromatic carbocycles. The summed E-state index contributed by atoms with van der Waals surface area (Å²) in [6, 6.07) is 9.77. The van der Waals surface area contributed by atoms with Crippen LogP contribution >= 0.6 is 0 Å². The Bertz CT molecular complexity index is 300. The monoisotopic (exact) mass is 225 g/mol. The molecule has 1 rings (SSSR count). The highest BCUT2D eigenvalue weighted by atomic mass is 32.2. The van der Waals surface area contributed by atoms with E-state index < -0.39 is 10.8 Å². The summed E-state index contributed by atoms with van der Waals surface area (Å²) in [7, 11) is -0.775. The number of nitrogens with two attached hydrogens (primary N) is 1. The fourth-order valence-corrected chi connectivity index (χ4v) is 2.76. The normalized spacial score (nSPS) is 14.8. The first kappa shape index (κ1) is 12.4. The maximum Gasteiger partial charge on any atom is 0.0428 e. The Balaban J connectivity index is 2.42. The smallest absolute Gasteiger partial charge is 0.0428 e. The van der Waals surface area contributed by atoms with E-state index in [0.29, 0.717) is 5.75 Å². The van der Waals surface area contributed by atoms with E-state index in [1.165, 1.54) is 0 Å². The zero-order valence-corrected chi connectivity index (χ0v) is 10.0. The van der Waals surface area contributed by atoms with Crippen molar-refractivity contribution in [2.24, 2.45) is 5.73 Å². The van der Waals surface area contributed by atoms with Gasteiger partial charge in [0.15, 0.2) is 0 Å². The average Bonchev–Trinajstić information content (AvgIpc) is 2.27. The molecule has 1 aromatic rings. The van der Waals surface area contributed by atoms with Crippen molar-refractivity contribution in [3.8, 4) is 0 Å². The van der Waals surface area contributed by atoms with Crippen molar-refractivity contribution in [3.63, 3.8) is 0 Å². The topological polar surface area (TPSA) is 43.1 Å². The van der Waals surface area contributed by atoms with E-state index in [-0.39, 0.29) is 6.04 Å². The summed E-state index contributed by atoms with van der Waals surface area (Å²) in [5, 5.41) is 0. The highest BCUT2D eigenvalue weighted by Gasteiger charge is 2.09. The Hall–Kier alpha value is -0.670. The minimum absolute atomic E-state index is 0.0936. The molecule has 0 aliphatic carbocycles. The molecule has 0 bridgehead atoms. The van der Waals surface area contributed by atoms with E-state index in [4.69, 9.17) is 5.73 Å². The Morgan fingerprint density at radius 3 is 2.60 bits per heavy atom. The van der Waals surface area contributed by atoms with E-state index in [0.717, 1.165) is 24.2 Å². The Labute approximate surface area is 94.3 Å². The molecule has 2 N–H and O–H groups in total. The van der Waals surface area contributed by atoms with Crippen LogP contribution in [0.5, 0.6) is 0 Å². The summed E-state index contributed by atoms with van der Waals surface area (Å²) in [5.41, 5.74) is 7.05.